The van der Waals surface area contributed by atoms with Gasteiger partial charge in [0.25, 0.3) is 5.56 Å². The van der Waals surface area contributed by atoms with Gasteiger partial charge in [0.05, 0.1) is 25.5 Å². The van der Waals surface area contributed by atoms with Crippen LogP contribution in [0.15, 0.2) is 22.0 Å². The molecule has 22 heavy (non-hydrogen) atoms. The molecule has 1 aromatic heterocycles. The van der Waals surface area contributed by atoms with E-state index in [2.05, 4.69) is 25.7 Å². The topological polar surface area (TPSA) is 101 Å². The second-order valence-electron chi connectivity index (χ2n) is 4.16. The van der Waals surface area contributed by atoms with Crippen LogP contribution in [-0.4, -0.2) is 35.6 Å². The lowest BCUT2D eigenvalue weighted by molar-refractivity contribution is 0.355. The number of halogens is 1. The van der Waals surface area contributed by atoms with E-state index >= 15 is 0 Å². The molecule has 1 heterocycles. The standard InChI is InChI=1S/C13H14ClN5O3/c1-7-12(20)16-13(19-17-7)18-15-6-8-4-5-9(21-2)11(22-3)10(8)14/h4-6H,1-3H3,(H2,16,18,19,20)/b15-6+. The van der Waals surface area contributed by atoms with E-state index < -0.39 is 0 Å². The van der Waals surface area contributed by atoms with Crippen molar-refractivity contribution in [3.05, 3.63) is 38.8 Å². The third kappa shape index (κ3) is 3.34. The van der Waals surface area contributed by atoms with Crippen molar-refractivity contribution in [3.8, 4) is 11.5 Å². The van der Waals surface area contributed by atoms with Gasteiger partial charge in [-0.25, -0.2) is 5.43 Å². The molecule has 0 atom stereocenters. The van der Waals surface area contributed by atoms with Gasteiger partial charge < -0.3 is 9.47 Å². The van der Waals surface area contributed by atoms with E-state index in [1.165, 1.54) is 20.4 Å². The van der Waals surface area contributed by atoms with Gasteiger partial charge in [-0.3, -0.25) is 9.78 Å². The van der Waals surface area contributed by atoms with E-state index in [1.807, 2.05) is 0 Å². The third-order valence-corrected chi connectivity index (χ3v) is 3.14. The second kappa shape index (κ2) is 6.90. The Morgan fingerprint density at radius 3 is 2.73 bits per heavy atom. The van der Waals surface area contributed by atoms with Crippen LogP contribution < -0.4 is 20.5 Å². The van der Waals surface area contributed by atoms with Crippen molar-refractivity contribution in [1.82, 2.24) is 15.2 Å². The van der Waals surface area contributed by atoms with Gasteiger partial charge in [-0.2, -0.15) is 5.10 Å². The summed E-state index contributed by atoms with van der Waals surface area (Å²) in [4.78, 5) is 13.9. The number of benzene rings is 1. The number of nitrogens with zero attached hydrogens (tertiary/aromatic N) is 3. The fourth-order valence-corrected chi connectivity index (χ4v) is 1.89. The van der Waals surface area contributed by atoms with Crippen LogP contribution >= 0.6 is 11.6 Å². The van der Waals surface area contributed by atoms with Crippen LogP contribution in [0.25, 0.3) is 0 Å². The Morgan fingerprint density at radius 2 is 2.09 bits per heavy atom. The molecular weight excluding hydrogens is 310 g/mol. The number of hydrogen-bond donors (Lipinski definition) is 2. The quantitative estimate of drug-likeness (QED) is 0.640. The molecule has 0 amide bonds. The van der Waals surface area contributed by atoms with Crippen LogP contribution in [-0.2, 0) is 0 Å². The van der Waals surface area contributed by atoms with Crippen molar-refractivity contribution in [3.63, 3.8) is 0 Å². The minimum Gasteiger partial charge on any atom is -0.493 e. The molecule has 0 spiro atoms. The van der Waals surface area contributed by atoms with E-state index in [1.54, 1.807) is 19.1 Å². The zero-order chi connectivity index (χ0) is 16.1. The van der Waals surface area contributed by atoms with Crippen molar-refractivity contribution in [2.75, 3.05) is 19.6 Å². The monoisotopic (exact) mass is 323 g/mol. The Balaban J connectivity index is 2.19. The molecule has 0 saturated carbocycles. The number of aromatic nitrogens is 3. The summed E-state index contributed by atoms with van der Waals surface area (Å²) in [7, 11) is 3.02. The highest BCUT2D eigenvalue weighted by atomic mass is 35.5. The lowest BCUT2D eigenvalue weighted by Gasteiger charge is -2.10. The van der Waals surface area contributed by atoms with Gasteiger partial charge in [0, 0.05) is 5.56 Å². The van der Waals surface area contributed by atoms with E-state index in [0.29, 0.717) is 22.1 Å². The Morgan fingerprint density at radius 1 is 1.32 bits per heavy atom. The number of aromatic amines is 1. The van der Waals surface area contributed by atoms with Crippen LogP contribution in [0.4, 0.5) is 5.95 Å². The largest absolute Gasteiger partial charge is 0.493 e. The maximum atomic E-state index is 11.4. The number of methoxy groups -OCH3 is 2. The highest BCUT2D eigenvalue weighted by Crippen LogP contribution is 2.36. The number of rotatable bonds is 5. The normalized spacial score (nSPS) is 10.7. The van der Waals surface area contributed by atoms with Crippen molar-refractivity contribution < 1.29 is 9.47 Å². The first-order valence-electron chi connectivity index (χ1n) is 6.20. The van der Waals surface area contributed by atoms with Crippen LogP contribution in [0.3, 0.4) is 0 Å². The molecule has 116 valence electrons. The molecule has 0 bridgehead atoms. The Labute approximate surface area is 131 Å². The lowest BCUT2D eigenvalue weighted by Crippen LogP contribution is -2.15. The summed E-state index contributed by atoms with van der Waals surface area (Å²) in [6.07, 6.45) is 1.46. The zero-order valence-corrected chi connectivity index (χ0v) is 12.9. The van der Waals surface area contributed by atoms with Gasteiger partial charge in [0.1, 0.15) is 5.69 Å². The average molecular weight is 324 g/mol. The minimum atomic E-state index is -0.336. The second-order valence-corrected chi connectivity index (χ2v) is 4.54. The summed E-state index contributed by atoms with van der Waals surface area (Å²) in [5.41, 5.74) is 3.11. The van der Waals surface area contributed by atoms with E-state index in [-0.39, 0.29) is 17.2 Å². The summed E-state index contributed by atoms with van der Waals surface area (Å²) < 4.78 is 10.3. The molecule has 9 heteroatoms. The van der Waals surface area contributed by atoms with Crippen molar-refractivity contribution >= 4 is 23.8 Å². The third-order valence-electron chi connectivity index (χ3n) is 2.75. The number of aryl methyl sites for hydroxylation is 1. The number of anilines is 1. The highest BCUT2D eigenvalue weighted by Gasteiger charge is 2.11. The van der Waals surface area contributed by atoms with Gasteiger partial charge in [-0.05, 0) is 19.1 Å². The smallest absolute Gasteiger partial charge is 0.274 e. The van der Waals surface area contributed by atoms with Gasteiger partial charge in [-0.1, -0.05) is 11.6 Å². The Bertz CT molecular complexity index is 760. The zero-order valence-electron chi connectivity index (χ0n) is 12.2. The van der Waals surface area contributed by atoms with Crippen molar-refractivity contribution in [2.24, 2.45) is 5.10 Å². The molecule has 2 N–H and O–H groups in total. The first kappa shape index (κ1) is 15.8. The van der Waals surface area contributed by atoms with Crippen LogP contribution in [0.2, 0.25) is 5.02 Å². The maximum absolute atomic E-state index is 11.4. The van der Waals surface area contributed by atoms with E-state index in [9.17, 15) is 4.79 Å². The summed E-state index contributed by atoms with van der Waals surface area (Å²) in [6, 6.07) is 3.43. The van der Waals surface area contributed by atoms with Gasteiger partial charge in [0.2, 0.25) is 5.95 Å². The molecule has 0 aliphatic heterocycles. The molecule has 2 rings (SSSR count). The van der Waals surface area contributed by atoms with Crippen LogP contribution in [0.1, 0.15) is 11.3 Å². The summed E-state index contributed by atoms with van der Waals surface area (Å²) >= 11 is 6.21. The van der Waals surface area contributed by atoms with Crippen molar-refractivity contribution in [1.29, 1.82) is 0 Å². The Kier molecular flexibility index (Phi) is 4.95. The molecule has 0 fully saturated rings. The summed E-state index contributed by atoms with van der Waals surface area (Å²) in [6.45, 7) is 1.56. The SMILES string of the molecule is COc1ccc(/C=N/Nc2nnc(C)c(=O)[nH]2)c(Cl)c1OC. The lowest BCUT2D eigenvalue weighted by atomic mass is 10.2. The van der Waals surface area contributed by atoms with E-state index in [0.717, 1.165) is 0 Å². The van der Waals surface area contributed by atoms with Gasteiger partial charge >= 0.3 is 0 Å². The number of hydrazone groups is 1. The predicted octanol–water partition coefficient (Wildman–Crippen LogP) is 1.59. The molecule has 0 saturated heterocycles. The minimum absolute atomic E-state index is 0.128. The molecule has 0 aliphatic rings. The predicted molar refractivity (Wildman–Crippen MR) is 83.2 cm³/mol. The molecule has 0 unspecified atom stereocenters. The first-order valence-corrected chi connectivity index (χ1v) is 6.57. The van der Waals surface area contributed by atoms with E-state index in [4.69, 9.17) is 21.1 Å². The molecular formula is C13H14ClN5O3. The maximum Gasteiger partial charge on any atom is 0.274 e. The number of hydrogen-bond acceptors (Lipinski definition) is 7. The number of ether oxygens (including phenoxy) is 2. The number of H-pyrrole nitrogens is 1. The number of nitrogens with one attached hydrogen (secondary N) is 2. The molecule has 0 radical (unpaired) electrons. The fraction of sp³-hybridized carbons (Fsp3) is 0.231. The molecule has 1 aromatic carbocycles. The van der Waals surface area contributed by atoms with Gasteiger partial charge in [-0.15, -0.1) is 10.2 Å². The fourth-order valence-electron chi connectivity index (χ4n) is 1.61. The average Bonchev–Trinajstić information content (AvgIpc) is 2.52. The first-order chi connectivity index (χ1) is 10.6. The molecule has 0 aliphatic carbocycles. The summed E-state index contributed by atoms with van der Waals surface area (Å²) in [5, 5.41) is 11.7. The highest BCUT2D eigenvalue weighted by molar-refractivity contribution is 6.34. The van der Waals surface area contributed by atoms with Crippen LogP contribution in [0.5, 0.6) is 11.5 Å². The Hall–Kier alpha value is -2.61. The van der Waals surface area contributed by atoms with Crippen LogP contribution in [0, 0.1) is 6.92 Å². The van der Waals surface area contributed by atoms with Crippen molar-refractivity contribution in [2.45, 2.75) is 6.92 Å². The molecule has 8 nitrogen and oxygen atoms in total. The summed E-state index contributed by atoms with van der Waals surface area (Å²) in [5.74, 6) is 1.06. The molecule has 2 aromatic rings. The van der Waals surface area contributed by atoms with Gasteiger partial charge in [0.15, 0.2) is 11.5 Å².